The molecule has 1 saturated heterocycles. The summed E-state index contributed by atoms with van der Waals surface area (Å²) in [5, 5.41) is 10.8. The molecule has 5 nitrogen and oxygen atoms in total. The molecule has 0 aromatic heterocycles. The highest BCUT2D eigenvalue weighted by Crippen LogP contribution is 2.44. The number of hydrogen-bond donors (Lipinski definition) is 1. The number of rotatable bonds is 4. The van der Waals surface area contributed by atoms with E-state index in [0.29, 0.717) is 19.0 Å². The standard InChI is InChI=1S/C24H25NO4/c1-24(2)11-10-18-19(25-12-14-28-15-13-25)16-21(27)22(23(18)29-24)20(26)9-8-17-6-4-3-5-7-17/h3-11,16,27H,12-15H2,1-2H3/b9-8+. The molecule has 2 heterocycles. The van der Waals surface area contributed by atoms with Crippen molar-refractivity contribution >= 4 is 23.6 Å². The molecule has 2 aliphatic rings. The van der Waals surface area contributed by atoms with Crippen molar-refractivity contribution in [3.63, 3.8) is 0 Å². The van der Waals surface area contributed by atoms with E-state index in [-0.39, 0.29) is 17.1 Å². The van der Waals surface area contributed by atoms with Crippen LogP contribution in [0.4, 0.5) is 5.69 Å². The van der Waals surface area contributed by atoms with Gasteiger partial charge in [-0.1, -0.05) is 36.4 Å². The number of carbonyl (C=O) groups is 1. The number of phenols is 1. The van der Waals surface area contributed by atoms with E-state index in [2.05, 4.69) is 4.90 Å². The second-order valence-electron chi connectivity index (χ2n) is 7.78. The number of benzene rings is 2. The Balaban J connectivity index is 1.77. The Morgan fingerprint density at radius 1 is 1.17 bits per heavy atom. The molecule has 0 bridgehead atoms. The fraction of sp³-hybridized carbons (Fsp3) is 0.292. The average molecular weight is 391 g/mol. The summed E-state index contributed by atoms with van der Waals surface area (Å²) in [4.78, 5) is 15.2. The van der Waals surface area contributed by atoms with Gasteiger partial charge < -0.3 is 19.5 Å². The van der Waals surface area contributed by atoms with Gasteiger partial charge in [0.15, 0.2) is 5.78 Å². The lowest BCUT2D eigenvalue weighted by Crippen LogP contribution is -2.37. The Kier molecular flexibility index (Phi) is 5.16. The molecule has 2 aromatic rings. The highest BCUT2D eigenvalue weighted by molar-refractivity contribution is 6.12. The summed E-state index contributed by atoms with van der Waals surface area (Å²) < 4.78 is 11.6. The number of carbonyl (C=O) groups excluding carboxylic acids is 1. The predicted octanol–water partition coefficient (Wildman–Crippen LogP) is 4.31. The van der Waals surface area contributed by atoms with Crippen LogP contribution in [0.25, 0.3) is 12.2 Å². The summed E-state index contributed by atoms with van der Waals surface area (Å²) in [5.74, 6) is 0.0722. The van der Waals surface area contributed by atoms with Crippen molar-refractivity contribution in [2.24, 2.45) is 0 Å². The number of hydrogen-bond acceptors (Lipinski definition) is 5. The van der Waals surface area contributed by atoms with Crippen LogP contribution in [0, 0.1) is 0 Å². The van der Waals surface area contributed by atoms with Crippen molar-refractivity contribution in [1.29, 1.82) is 0 Å². The zero-order chi connectivity index (χ0) is 20.4. The summed E-state index contributed by atoms with van der Waals surface area (Å²) in [6, 6.07) is 11.3. The van der Waals surface area contributed by atoms with Gasteiger partial charge in [0.25, 0.3) is 0 Å². The zero-order valence-electron chi connectivity index (χ0n) is 16.7. The van der Waals surface area contributed by atoms with E-state index < -0.39 is 5.60 Å². The van der Waals surface area contributed by atoms with Crippen molar-refractivity contribution < 1.29 is 19.4 Å². The lowest BCUT2D eigenvalue weighted by atomic mass is 9.95. The average Bonchev–Trinajstić information content (AvgIpc) is 2.72. The maximum Gasteiger partial charge on any atom is 0.193 e. The molecule has 1 fully saturated rings. The van der Waals surface area contributed by atoms with Gasteiger partial charge in [0, 0.05) is 24.7 Å². The molecule has 0 radical (unpaired) electrons. The van der Waals surface area contributed by atoms with Gasteiger partial charge in [0.05, 0.1) is 18.9 Å². The van der Waals surface area contributed by atoms with Crippen LogP contribution in [0.15, 0.2) is 48.6 Å². The van der Waals surface area contributed by atoms with Crippen LogP contribution in [0.1, 0.15) is 35.3 Å². The van der Waals surface area contributed by atoms with E-state index in [4.69, 9.17) is 9.47 Å². The molecule has 0 amide bonds. The molecule has 150 valence electrons. The smallest absolute Gasteiger partial charge is 0.193 e. The molecule has 0 spiro atoms. The molecule has 0 unspecified atom stereocenters. The minimum Gasteiger partial charge on any atom is -0.507 e. The molecule has 29 heavy (non-hydrogen) atoms. The topological polar surface area (TPSA) is 59.0 Å². The molecule has 5 heteroatoms. The van der Waals surface area contributed by atoms with Crippen LogP contribution >= 0.6 is 0 Å². The van der Waals surface area contributed by atoms with E-state index in [1.165, 1.54) is 6.08 Å². The van der Waals surface area contributed by atoms with Gasteiger partial charge >= 0.3 is 0 Å². The molecule has 2 aromatic carbocycles. The largest absolute Gasteiger partial charge is 0.507 e. The fourth-order valence-corrected chi connectivity index (χ4v) is 3.62. The van der Waals surface area contributed by atoms with Gasteiger partial charge in [-0.05, 0) is 37.6 Å². The molecule has 0 atom stereocenters. The Morgan fingerprint density at radius 3 is 2.62 bits per heavy atom. The Morgan fingerprint density at radius 2 is 1.90 bits per heavy atom. The molecular formula is C24H25NO4. The summed E-state index contributed by atoms with van der Waals surface area (Å²) in [6.07, 6.45) is 7.19. The van der Waals surface area contributed by atoms with E-state index in [0.717, 1.165) is 29.9 Å². The number of morpholine rings is 1. The number of fused-ring (bicyclic) bond motifs is 1. The first-order chi connectivity index (χ1) is 13.9. The van der Waals surface area contributed by atoms with Crippen molar-refractivity contribution in [3.05, 3.63) is 65.2 Å². The van der Waals surface area contributed by atoms with Crippen molar-refractivity contribution in [2.75, 3.05) is 31.2 Å². The summed E-state index contributed by atoms with van der Waals surface area (Å²) >= 11 is 0. The van der Waals surface area contributed by atoms with Crippen LogP contribution in [0.3, 0.4) is 0 Å². The van der Waals surface area contributed by atoms with Gasteiger partial charge in [-0.15, -0.1) is 0 Å². The molecule has 0 saturated carbocycles. The quantitative estimate of drug-likeness (QED) is 0.622. The second kappa shape index (κ2) is 7.76. The molecular weight excluding hydrogens is 366 g/mol. The first-order valence-corrected chi connectivity index (χ1v) is 9.83. The number of anilines is 1. The summed E-state index contributed by atoms with van der Waals surface area (Å²) in [5.41, 5.74) is 2.22. The fourth-order valence-electron chi connectivity index (χ4n) is 3.62. The van der Waals surface area contributed by atoms with E-state index in [1.54, 1.807) is 12.1 Å². The number of allylic oxidation sites excluding steroid dienone is 1. The minimum absolute atomic E-state index is 0.0703. The van der Waals surface area contributed by atoms with Crippen LogP contribution < -0.4 is 9.64 Å². The van der Waals surface area contributed by atoms with Crippen LogP contribution in [-0.2, 0) is 4.74 Å². The van der Waals surface area contributed by atoms with Crippen molar-refractivity contribution in [2.45, 2.75) is 19.4 Å². The lowest BCUT2D eigenvalue weighted by molar-refractivity contribution is 0.103. The van der Waals surface area contributed by atoms with E-state index in [1.807, 2.05) is 56.3 Å². The van der Waals surface area contributed by atoms with Gasteiger partial charge in [0.2, 0.25) is 0 Å². The van der Waals surface area contributed by atoms with Crippen LogP contribution in [0.2, 0.25) is 0 Å². The first kappa shape index (κ1) is 19.3. The molecule has 1 N–H and O–H groups in total. The van der Waals surface area contributed by atoms with Gasteiger partial charge in [-0.3, -0.25) is 4.79 Å². The Bertz CT molecular complexity index is 970. The number of phenolic OH excluding ortho intramolecular Hbond substituents is 1. The number of ether oxygens (including phenoxy) is 2. The molecule has 2 aliphatic heterocycles. The number of nitrogens with zero attached hydrogens (tertiary/aromatic N) is 1. The van der Waals surface area contributed by atoms with E-state index in [9.17, 15) is 9.90 Å². The van der Waals surface area contributed by atoms with Crippen molar-refractivity contribution in [1.82, 2.24) is 0 Å². The van der Waals surface area contributed by atoms with Crippen LogP contribution in [-0.4, -0.2) is 42.8 Å². The monoisotopic (exact) mass is 391 g/mol. The number of aromatic hydroxyl groups is 1. The van der Waals surface area contributed by atoms with Gasteiger partial charge in [-0.2, -0.15) is 0 Å². The Labute approximate surface area is 170 Å². The normalized spacial score (nSPS) is 17.8. The zero-order valence-corrected chi connectivity index (χ0v) is 16.7. The van der Waals surface area contributed by atoms with Gasteiger partial charge in [0.1, 0.15) is 22.7 Å². The highest BCUT2D eigenvalue weighted by atomic mass is 16.5. The number of ketones is 1. The SMILES string of the molecule is CC1(C)C=Cc2c(N3CCOCC3)cc(O)c(C(=O)/C=C/c3ccccc3)c2O1. The predicted molar refractivity (Wildman–Crippen MR) is 115 cm³/mol. The van der Waals surface area contributed by atoms with E-state index >= 15 is 0 Å². The Hall–Kier alpha value is -3.05. The third-order valence-electron chi connectivity index (χ3n) is 5.12. The summed E-state index contributed by atoms with van der Waals surface area (Å²) in [7, 11) is 0. The van der Waals surface area contributed by atoms with Crippen LogP contribution in [0.5, 0.6) is 11.5 Å². The maximum absolute atomic E-state index is 13.0. The second-order valence-corrected chi connectivity index (χ2v) is 7.78. The third kappa shape index (κ3) is 4.05. The highest BCUT2D eigenvalue weighted by Gasteiger charge is 2.31. The molecule has 4 rings (SSSR count). The minimum atomic E-state index is -0.568. The summed E-state index contributed by atoms with van der Waals surface area (Å²) in [6.45, 7) is 6.57. The maximum atomic E-state index is 13.0. The molecule has 0 aliphatic carbocycles. The van der Waals surface area contributed by atoms with Gasteiger partial charge in [-0.25, -0.2) is 0 Å². The lowest BCUT2D eigenvalue weighted by Gasteiger charge is -2.35. The van der Waals surface area contributed by atoms with Crippen molar-refractivity contribution in [3.8, 4) is 11.5 Å². The third-order valence-corrected chi connectivity index (χ3v) is 5.12. The first-order valence-electron chi connectivity index (χ1n) is 9.83.